The third-order valence-electron chi connectivity index (χ3n) is 1.66. The van der Waals surface area contributed by atoms with Crippen molar-refractivity contribution in [3.8, 4) is 0 Å². The van der Waals surface area contributed by atoms with Gasteiger partial charge in [0.2, 0.25) is 5.91 Å². The van der Waals surface area contributed by atoms with Crippen LogP contribution in [0.5, 0.6) is 0 Å². The van der Waals surface area contributed by atoms with E-state index < -0.39 is 0 Å². The fourth-order valence-corrected chi connectivity index (χ4v) is 0.975. The van der Waals surface area contributed by atoms with Gasteiger partial charge in [-0.3, -0.25) is 9.78 Å². The molecule has 0 spiro atoms. The number of pyridine rings is 1. The van der Waals surface area contributed by atoms with Gasteiger partial charge in [0.15, 0.2) is 0 Å². The average Bonchev–Trinajstić information content (AvgIpc) is 2.08. The number of hydrogen-bond donors (Lipinski definition) is 1. The molecule has 0 aromatic carbocycles. The summed E-state index contributed by atoms with van der Waals surface area (Å²) >= 11 is 0. The zero-order chi connectivity index (χ0) is 9.68. The molecule has 0 aliphatic carbocycles. The zero-order valence-corrected chi connectivity index (χ0v) is 7.53. The van der Waals surface area contributed by atoms with E-state index in [1.54, 1.807) is 12.3 Å². The van der Waals surface area contributed by atoms with Crippen molar-refractivity contribution in [2.75, 3.05) is 0 Å². The molecular formula is C10H12N2O. The maximum atomic E-state index is 10.4. The summed E-state index contributed by atoms with van der Waals surface area (Å²) < 4.78 is 0. The molecule has 0 atom stereocenters. The van der Waals surface area contributed by atoms with Crippen LogP contribution in [0.1, 0.15) is 17.7 Å². The van der Waals surface area contributed by atoms with Gasteiger partial charge in [-0.1, -0.05) is 18.2 Å². The molecule has 0 saturated heterocycles. The Morgan fingerprint density at radius 1 is 1.69 bits per heavy atom. The number of aryl methyl sites for hydroxylation is 1. The highest BCUT2D eigenvalue weighted by Crippen LogP contribution is 2.05. The van der Waals surface area contributed by atoms with Crippen LogP contribution < -0.4 is 5.73 Å². The van der Waals surface area contributed by atoms with Gasteiger partial charge in [-0.25, -0.2) is 0 Å². The monoisotopic (exact) mass is 176 g/mol. The summed E-state index contributed by atoms with van der Waals surface area (Å²) in [5.74, 6) is -0.321. The Morgan fingerprint density at radius 2 is 2.46 bits per heavy atom. The maximum Gasteiger partial charge on any atom is 0.221 e. The van der Waals surface area contributed by atoms with Gasteiger partial charge in [-0.15, -0.1) is 0 Å². The van der Waals surface area contributed by atoms with Gasteiger partial charge in [0.1, 0.15) is 0 Å². The Morgan fingerprint density at radius 3 is 3.08 bits per heavy atom. The lowest BCUT2D eigenvalue weighted by atomic mass is 10.2. The van der Waals surface area contributed by atoms with Gasteiger partial charge in [0.05, 0.1) is 0 Å². The fraction of sp³-hybridized carbons (Fsp3) is 0.200. The number of carbonyl (C=O) groups excluding carboxylic acids is 1. The molecule has 1 heterocycles. The van der Waals surface area contributed by atoms with Crippen LogP contribution in [-0.4, -0.2) is 10.9 Å². The van der Waals surface area contributed by atoms with Gasteiger partial charge in [0, 0.05) is 18.3 Å². The molecule has 3 heteroatoms. The van der Waals surface area contributed by atoms with Crippen molar-refractivity contribution < 1.29 is 4.79 Å². The molecule has 1 aromatic rings. The lowest BCUT2D eigenvalue weighted by Gasteiger charge is -1.96. The van der Waals surface area contributed by atoms with E-state index in [1.165, 1.54) is 0 Å². The quantitative estimate of drug-likeness (QED) is 0.754. The number of rotatable bonds is 3. The molecule has 13 heavy (non-hydrogen) atoms. The highest BCUT2D eigenvalue weighted by atomic mass is 16.1. The third-order valence-corrected chi connectivity index (χ3v) is 1.66. The van der Waals surface area contributed by atoms with Crippen LogP contribution in [-0.2, 0) is 4.79 Å². The Labute approximate surface area is 77.3 Å². The Bertz CT molecular complexity index is 331. The second-order valence-electron chi connectivity index (χ2n) is 2.75. The first-order valence-electron chi connectivity index (χ1n) is 4.06. The molecule has 0 fully saturated rings. The summed E-state index contributed by atoms with van der Waals surface area (Å²) in [6, 6.07) is 3.80. The van der Waals surface area contributed by atoms with E-state index in [4.69, 9.17) is 5.73 Å². The van der Waals surface area contributed by atoms with Crippen molar-refractivity contribution in [2.24, 2.45) is 5.73 Å². The molecule has 68 valence electrons. The number of hydrogen-bond acceptors (Lipinski definition) is 2. The summed E-state index contributed by atoms with van der Waals surface area (Å²) in [4.78, 5) is 14.5. The Hall–Kier alpha value is -1.64. The molecular weight excluding hydrogens is 164 g/mol. The van der Waals surface area contributed by atoms with Crippen LogP contribution in [0, 0.1) is 6.92 Å². The molecule has 0 aliphatic heterocycles. The first kappa shape index (κ1) is 9.45. The largest absolute Gasteiger partial charge is 0.369 e. The topological polar surface area (TPSA) is 56.0 Å². The fourth-order valence-electron chi connectivity index (χ4n) is 0.975. The lowest BCUT2D eigenvalue weighted by Crippen LogP contribution is -2.07. The molecule has 2 N–H and O–H groups in total. The minimum Gasteiger partial charge on any atom is -0.369 e. The first-order valence-corrected chi connectivity index (χ1v) is 4.06. The molecule has 0 aliphatic rings. The Kier molecular flexibility index (Phi) is 3.20. The third kappa shape index (κ3) is 3.07. The SMILES string of the molecule is Cc1ncccc1C=CCC(N)=O. The predicted molar refractivity (Wildman–Crippen MR) is 51.8 cm³/mol. The van der Waals surface area contributed by atoms with Crippen LogP contribution in [0.4, 0.5) is 0 Å². The second kappa shape index (κ2) is 4.40. The molecule has 0 bridgehead atoms. The summed E-state index contributed by atoms with van der Waals surface area (Å²) in [6.45, 7) is 1.92. The van der Waals surface area contributed by atoms with Crippen LogP contribution in [0.3, 0.4) is 0 Å². The molecule has 0 unspecified atom stereocenters. The van der Waals surface area contributed by atoms with Crippen LogP contribution in [0.15, 0.2) is 24.4 Å². The highest BCUT2D eigenvalue weighted by molar-refractivity contribution is 5.76. The molecule has 1 aromatic heterocycles. The van der Waals surface area contributed by atoms with Crippen molar-refractivity contribution >= 4 is 12.0 Å². The van der Waals surface area contributed by atoms with Crippen molar-refractivity contribution in [1.29, 1.82) is 0 Å². The highest BCUT2D eigenvalue weighted by Gasteiger charge is 1.92. The molecule has 1 amide bonds. The van der Waals surface area contributed by atoms with E-state index in [9.17, 15) is 4.79 Å². The maximum absolute atomic E-state index is 10.4. The molecule has 1 rings (SSSR count). The van der Waals surface area contributed by atoms with Gasteiger partial charge >= 0.3 is 0 Å². The van der Waals surface area contributed by atoms with E-state index >= 15 is 0 Å². The van der Waals surface area contributed by atoms with Crippen molar-refractivity contribution in [1.82, 2.24) is 4.98 Å². The summed E-state index contributed by atoms with van der Waals surface area (Å²) in [6.07, 6.45) is 5.61. The number of nitrogens with two attached hydrogens (primary N) is 1. The van der Waals surface area contributed by atoms with E-state index in [0.29, 0.717) is 0 Å². The molecule has 3 nitrogen and oxygen atoms in total. The van der Waals surface area contributed by atoms with E-state index in [-0.39, 0.29) is 12.3 Å². The number of carbonyl (C=O) groups is 1. The minimum atomic E-state index is -0.321. The van der Waals surface area contributed by atoms with Crippen LogP contribution >= 0.6 is 0 Å². The van der Waals surface area contributed by atoms with Gasteiger partial charge in [-0.2, -0.15) is 0 Å². The standard InChI is InChI=1S/C10H12N2O/c1-8-9(5-3-7-12-8)4-2-6-10(11)13/h2-5,7H,6H2,1H3,(H2,11,13). The van der Waals surface area contributed by atoms with Gasteiger partial charge in [0.25, 0.3) is 0 Å². The second-order valence-corrected chi connectivity index (χ2v) is 2.75. The minimum absolute atomic E-state index is 0.272. The lowest BCUT2D eigenvalue weighted by molar-refractivity contribution is -0.117. The normalized spacial score (nSPS) is 10.5. The van der Waals surface area contributed by atoms with Crippen LogP contribution in [0.2, 0.25) is 0 Å². The van der Waals surface area contributed by atoms with Crippen molar-refractivity contribution in [2.45, 2.75) is 13.3 Å². The molecule has 0 radical (unpaired) electrons. The zero-order valence-electron chi connectivity index (χ0n) is 7.53. The van der Waals surface area contributed by atoms with E-state index in [0.717, 1.165) is 11.3 Å². The van der Waals surface area contributed by atoms with Crippen LogP contribution in [0.25, 0.3) is 6.08 Å². The summed E-state index contributed by atoms with van der Waals surface area (Å²) in [5, 5.41) is 0. The van der Waals surface area contributed by atoms with E-state index in [1.807, 2.05) is 25.1 Å². The number of aromatic nitrogens is 1. The van der Waals surface area contributed by atoms with Crippen molar-refractivity contribution in [3.63, 3.8) is 0 Å². The van der Waals surface area contributed by atoms with Gasteiger partial charge < -0.3 is 5.73 Å². The van der Waals surface area contributed by atoms with Gasteiger partial charge in [-0.05, 0) is 18.6 Å². The summed E-state index contributed by atoms with van der Waals surface area (Å²) in [7, 11) is 0. The predicted octanol–water partition coefficient (Wildman–Crippen LogP) is 1.28. The number of amides is 1. The van der Waals surface area contributed by atoms with E-state index in [2.05, 4.69) is 4.98 Å². The van der Waals surface area contributed by atoms with Crippen molar-refractivity contribution in [3.05, 3.63) is 35.7 Å². The summed E-state index contributed by atoms with van der Waals surface area (Å²) in [5.41, 5.74) is 6.95. The number of primary amides is 1. The average molecular weight is 176 g/mol. The smallest absolute Gasteiger partial charge is 0.221 e. The molecule has 0 saturated carbocycles. The first-order chi connectivity index (χ1) is 6.20. The Balaban J connectivity index is 2.68. The number of nitrogens with zero attached hydrogens (tertiary/aromatic N) is 1.